The molecule has 0 aliphatic heterocycles. The molecule has 0 amide bonds. The first-order valence-electron chi connectivity index (χ1n) is 15.6. The Hall–Kier alpha value is -2.41. The van der Waals surface area contributed by atoms with Gasteiger partial charge in [0, 0.05) is 0 Å². The molecule has 0 saturated heterocycles. The standard InChI is InChI=1S/2C13H17F2O3.2C5H5.Ti/c2*1-16-8-4-7-13(17-2,18-3)11-6-5-10(14)9-12(11)15;2*1-2-4-5-3-1;/h2*5-6H,4,7-8H2,1-3H3;2*1-3H,4H2;. The molecule has 0 unspecified atom stereocenters. The third-order valence-electron chi connectivity index (χ3n) is 9.29. The summed E-state index contributed by atoms with van der Waals surface area (Å²) in [5.74, 6) is -6.96. The fourth-order valence-corrected chi connectivity index (χ4v) is 15.3. The van der Waals surface area contributed by atoms with Crippen LogP contribution < -0.4 is 7.74 Å². The second-order valence-electron chi connectivity index (χ2n) is 11.5. The van der Waals surface area contributed by atoms with E-state index in [9.17, 15) is 0 Å². The predicted molar refractivity (Wildman–Crippen MR) is 169 cm³/mol. The van der Waals surface area contributed by atoms with Gasteiger partial charge in [-0.15, -0.1) is 0 Å². The molecule has 0 bridgehead atoms. The number of benzene rings is 2. The molecule has 2 aliphatic carbocycles. The summed E-state index contributed by atoms with van der Waals surface area (Å²) in [4.78, 5) is 0. The number of hydrogen-bond acceptors (Lipinski definition) is 6. The summed E-state index contributed by atoms with van der Waals surface area (Å²) < 4.78 is 102. The van der Waals surface area contributed by atoms with Crippen LogP contribution in [0, 0.1) is 23.3 Å². The molecule has 47 heavy (non-hydrogen) atoms. The Bertz CT molecular complexity index is 1410. The summed E-state index contributed by atoms with van der Waals surface area (Å²) in [6.07, 6.45) is 12.4. The average Bonchev–Trinajstić information content (AvgIpc) is 3.82. The van der Waals surface area contributed by atoms with Crippen LogP contribution in [0.3, 0.4) is 0 Å². The maximum absolute atomic E-state index is 17.5. The van der Waals surface area contributed by atoms with E-state index >= 15 is 17.6 Å². The van der Waals surface area contributed by atoms with Crippen molar-refractivity contribution in [2.24, 2.45) is 0 Å². The third-order valence-corrected chi connectivity index (χ3v) is 17.2. The molecule has 0 atom stereocenters. The Morgan fingerprint density at radius 2 is 0.979 bits per heavy atom. The van der Waals surface area contributed by atoms with Gasteiger partial charge in [-0.05, 0) is 0 Å². The van der Waals surface area contributed by atoms with E-state index in [1.165, 1.54) is 40.6 Å². The summed E-state index contributed by atoms with van der Waals surface area (Å²) in [7, 11) is 8.60. The second-order valence-corrected chi connectivity index (χ2v) is 17.4. The fourth-order valence-electron chi connectivity index (χ4n) is 6.99. The van der Waals surface area contributed by atoms with E-state index in [0.29, 0.717) is 33.8 Å². The molecule has 6 nitrogen and oxygen atoms in total. The number of halogens is 4. The molecule has 11 heteroatoms. The van der Waals surface area contributed by atoms with Crippen molar-refractivity contribution in [3.8, 4) is 0 Å². The molecule has 256 valence electrons. The molecule has 2 aromatic carbocycles. The van der Waals surface area contributed by atoms with E-state index in [2.05, 4.69) is 0 Å². The second kappa shape index (κ2) is 16.3. The number of hydrogen-bond donors (Lipinski definition) is 0. The molecule has 0 radical (unpaired) electrons. The SMILES string of the molecule is COCCCC(OC)(OC)c1ccc(F)[c]([Ti]([C]2=CC=CC2)([C]2=CC=CC2)[c]2c(F)ccc(C(CCCOC)(OC)OC)c2F)c1F. The summed E-state index contributed by atoms with van der Waals surface area (Å²) in [5, 5.41) is 0. The summed E-state index contributed by atoms with van der Waals surface area (Å²) in [6, 6.07) is 4.84. The molecule has 0 N–H and O–H groups in total. The predicted octanol–water partition coefficient (Wildman–Crippen LogP) is 6.78. The van der Waals surface area contributed by atoms with Crippen LogP contribution in [-0.2, 0) is 56.6 Å². The van der Waals surface area contributed by atoms with Gasteiger partial charge in [-0.1, -0.05) is 0 Å². The van der Waals surface area contributed by atoms with Crippen molar-refractivity contribution in [3.05, 3.63) is 103 Å². The molecule has 0 saturated carbocycles. The van der Waals surface area contributed by atoms with Crippen LogP contribution in [0.1, 0.15) is 49.7 Å². The van der Waals surface area contributed by atoms with Crippen LogP contribution >= 0.6 is 0 Å². The van der Waals surface area contributed by atoms with E-state index in [1.807, 2.05) is 12.2 Å². The van der Waals surface area contributed by atoms with Gasteiger partial charge < -0.3 is 0 Å². The van der Waals surface area contributed by atoms with Crippen molar-refractivity contribution in [1.82, 2.24) is 0 Å². The number of ether oxygens (including phenoxy) is 6. The Morgan fingerprint density at radius 1 is 0.596 bits per heavy atom. The van der Waals surface area contributed by atoms with Crippen molar-refractivity contribution < 1.29 is 62.6 Å². The number of allylic oxidation sites excluding steroid dienone is 8. The first-order chi connectivity index (χ1) is 22.7. The van der Waals surface area contributed by atoms with Gasteiger partial charge in [0.25, 0.3) is 0 Å². The zero-order valence-electron chi connectivity index (χ0n) is 27.9. The Morgan fingerprint density at radius 3 is 1.28 bits per heavy atom. The van der Waals surface area contributed by atoms with Crippen molar-refractivity contribution in [3.63, 3.8) is 0 Å². The van der Waals surface area contributed by atoms with Crippen LogP contribution in [0.4, 0.5) is 17.6 Å². The molecule has 2 aliphatic rings. The molecule has 0 spiro atoms. The monoisotopic (exact) mass is 696 g/mol. The van der Waals surface area contributed by atoms with Gasteiger partial charge in [-0.3, -0.25) is 0 Å². The minimum atomic E-state index is -5.19. The van der Waals surface area contributed by atoms with Crippen molar-refractivity contribution in [1.29, 1.82) is 0 Å². The molecule has 0 aromatic heterocycles. The first-order valence-corrected chi connectivity index (χ1v) is 18.7. The van der Waals surface area contributed by atoms with Gasteiger partial charge in [0.05, 0.1) is 0 Å². The minimum absolute atomic E-state index is 0.0669. The summed E-state index contributed by atoms with van der Waals surface area (Å²) in [5.41, 5.74) is -0.134. The Labute approximate surface area is 278 Å². The van der Waals surface area contributed by atoms with E-state index in [-0.39, 0.29) is 44.5 Å². The van der Waals surface area contributed by atoms with Crippen LogP contribution in [0.25, 0.3) is 0 Å². The van der Waals surface area contributed by atoms with Crippen LogP contribution in [0.5, 0.6) is 0 Å². The van der Waals surface area contributed by atoms with Crippen LogP contribution in [0.2, 0.25) is 0 Å². The summed E-state index contributed by atoms with van der Waals surface area (Å²) >= 11 is -5.19. The van der Waals surface area contributed by atoms with E-state index in [4.69, 9.17) is 28.4 Å². The van der Waals surface area contributed by atoms with Crippen molar-refractivity contribution >= 4 is 7.74 Å². The fraction of sp³-hybridized carbons (Fsp3) is 0.444. The van der Waals surface area contributed by atoms with Gasteiger partial charge in [-0.2, -0.15) is 0 Å². The van der Waals surface area contributed by atoms with Crippen LogP contribution in [-0.4, -0.2) is 55.9 Å². The Balaban J connectivity index is 2.14. The van der Waals surface area contributed by atoms with Gasteiger partial charge in [0.1, 0.15) is 0 Å². The van der Waals surface area contributed by atoms with E-state index < -0.39 is 51.4 Å². The number of rotatable bonds is 18. The molecule has 4 rings (SSSR count). The van der Waals surface area contributed by atoms with Crippen LogP contribution in [0.15, 0.2) is 68.5 Å². The molecule has 0 fully saturated rings. The quantitative estimate of drug-likeness (QED) is 0.0742. The number of methoxy groups -OCH3 is 6. The maximum atomic E-state index is 17.5. The Kier molecular flexibility index (Phi) is 13.0. The molecular weight excluding hydrogens is 652 g/mol. The zero-order chi connectivity index (χ0) is 34.2. The molecule has 0 heterocycles. The normalized spacial score (nSPS) is 15.1. The average molecular weight is 697 g/mol. The third kappa shape index (κ3) is 6.76. The van der Waals surface area contributed by atoms with Gasteiger partial charge in [-0.25, -0.2) is 0 Å². The van der Waals surface area contributed by atoms with Crippen molar-refractivity contribution in [2.75, 3.05) is 55.9 Å². The molecular formula is C36H44F4O6Ti. The van der Waals surface area contributed by atoms with Gasteiger partial charge in [0.2, 0.25) is 0 Å². The van der Waals surface area contributed by atoms with Gasteiger partial charge in [0.15, 0.2) is 0 Å². The van der Waals surface area contributed by atoms with Gasteiger partial charge >= 0.3 is 279 Å². The first kappa shape index (κ1) is 37.4. The molecule has 2 aromatic rings. The summed E-state index contributed by atoms with van der Waals surface area (Å²) in [6.45, 7) is 0.689. The van der Waals surface area contributed by atoms with E-state index in [0.717, 1.165) is 12.1 Å². The zero-order valence-corrected chi connectivity index (χ0v) is 29.5. The van der Waals surface area contributed by atoms with E-state index in [1.54, 1.807) is 38.5 Å². The van der Waals surface area contributed by atoms with Crippen molar-refractivity contribution in [2.45, 2.75) is 50.1 Å². The topological polar surface area (TPSA) is 55.4 Å².